The van der Waals surface area contributed by atoms with Crippen molar-refractivity contribution >= 4 is 48.6 Å². The van der Waals surface area contributed by atoms with Crippen molar-refractivity contribution in [3.8, 4) is 131 Å². The molecule has 304 valence electrons. The van der Waals surface area contributed by atoms with E-state index in [9.17, 15) is 56.2 Å². The van der Waals surface area contributed by atoms with Crippen molar-refractivity contribution in [3.05, 3.63) is 97.1 Å². The Kier molecular flexibility index (Phi) is 8.90. The minimum atomic E-state index is -1.04. The van der Waals surface area contributed by atoms with E-state index >= 15 is 0 Å². The molecule has 0 saturated carbocycles. The van der Waals surface area contributed by atoms with Gasteiger partial charge in [0.05, 0.1) is 11.1 Å². The Morgan fingerprint density at radius 3 is 1.27 bits per heavy atom. The van der Waals surface area contributed by atoms with Gasteiger partial charge in [0.15, 0.2) is 63.5 Å². The van der Waals surface area contributed by atoms with Crippen LogP contribution in [0.2, 0.25) is 0 Å². The molecule has 2 aromatic heterocycles. The molecule has 0 amide bonds. The Hall–Kier alpha value is -8.72. The Balaban J connectivity index is 1.41. The molecule has 17 heteroatoms. The highest BCUT2D eigenvalue weighted by atomic mass is 16.3. The summed E-state index contributed by atoms with van der Waals surface area (Å²) in [6.07, 6.45) is 0. The average molecular weight is 827 g/mol. The fourth-order valence-corrected chi connectivity index (χ4v) is 7.62. The summed E-state index contributed by atoms with van der Waals surface area (Å²) < 4.78 is 6.27. The predicted molar refractivity (Wildman–Crippen MR) is 234 cm³/mol. The third kappa shape index (κ3) is 5.74. The number of fused-ring (bicyclic) bond motifs is 3. The number of aromatic hydroxyl groups is 11. The number of furan rings is 1. The van der Waals surface area contributed by atoms with Crippen LogP contribution in [-0.4, -0.2) is 86.8 Å². The van der Waals surface area contributed by atoms with Gasteiger partial charge in [-0.3, -0.25) is 0 Å². The van der Waals surface area contributed by atoms with Crippen molar-refractivity contribution in [1.29, 1.82) is 0 Å². The lowest BCUT2D eigenvalue weighted by atomic mass is 9.89. The summed E-state index contributed by atoms with van der Waals surface area (Å²) in [6, 6.07) is 28.3. The summed E-state index contributed by atoms with van der Waals surface area (Å²) in [6.45, 7) is 0. The van der Waals surface area contributed by atoms with Crippen molar-refractivity contribution < 1.29 is 60.6 Å². The molecule has 9 rings (SSSR count). The molecule has 0 spiro atoms. The standard InChI is InChI=1S/C45H31B2N3O12/c46-29-38(58)34(54)27(35(55)39(29)59)44-48-43(49-45(50-44)28-36(56)40(60)30(47)41(61)37(28)57)26-32(52)24(19-15-13-18(14-16-19)17-7-2-1-3-8-17)31(51)25(33(26)53)22-11-6-10-21-20-9-4-5-12-23(20)62-42(21)22/h1-16,51-61H,46-47H2. The molecular weight excluding hydrogens is 796 g/mol. The number of phenolic OH excluding ortho intramolecular Hbond substituents is 11. The van der Waals surface area contributed by atoms with Crippen molar-refractivity contribution in [3.63, 3.8) is 0 Å². The lowest BCUT2D eigenvalue weighted by molar-refractivity contribution is 0.379. The van der Waals surface area contributed by atoms with Crippen molar-refractivity contribution in [1.82, 2.24) is 15.0 Å². The molecule has 2 heterocycles. The van der Waals surface area contributed by atoms with Crippen LogP contribution in [0.25, 0.3) is 89.5 Å². The Bertz CT molecular complexity index is 3200. The number of nitrogens with zero attached hydrogens (tertiary/aromatic N) is 3. The molecule has 7 aromatic carbocycles. The molecule has 0 radical (unpaired) electrons. The summed E-state index contributed by atoms with van der Waals surface area (Å²) in [5.41, 5.74) is -0.626. The zero-order valence-electron chi connectivity index (χ0n) is 32.4. The Morgan fingerprint density at radius 2 is 0.742 bits per heavy atom. The van der Waals surface area contributed by atoms with Crippen molar-refractivity contribution in [2.75, 3.05) is 0 Å². The molecule has 15 nitrogen and oxygen atoms in total. The maximum absolute atomic E-state index is 12.4. The first-order valence-electron chi connectivity index (χ1n) is 18.8. The largest absolute Gasteiger partial charge is 0.506 e. The molecule has 0 atom stereocenters. The minimum absolute atomic E-state index is 0.152. The highest BCUT2D eigenvalue weighted by Crippen LogP contribution is 2.57. The normalized spacial score (nSPS) is 11.4. The monoisotopic (exact) mass is 827 g/mol. The van der Waals surface area contributed by atoms with Crippen LogP contribution in [0.3, 0.4) is 0 Å². The van der Waals surface area contributed by atoms with Crippen LogP contribution in [0, 0.1) is 0 Å². The van der Waals surface area contributed by atoms with Crippen LogP contribution in [-0.2, 0) is 0 Å². The van der Waals surface area contributed by atoms with E-state index in [2.05, 4.69) is 15.0 Å². The van der Waals surface area contributed by atoms with Crippen LogP contribution in [0.5, 0.6) is 63.2 Å². The van der Waals surface area contributed by atoms with Crippen LogP contribution < -0.4 is 10.9 Å². The smallest absolute Gasteiger partial charge is 0.172 e. The summed E-state index contributed by atoms with van der Waals surface area (Å²) >= 11 is 0. The van der Waals surface area contributed by atoms with Crippen LogP contribution in [0.1, 0.15) is 0 Å². The third-order valence-electron chi connectivity index (χ3n) is 10.9. The van der Waals surface area contributed by atoms with Crippen LogP contribution >= 0.6 is 0 Å². The molecular formula is C45H31B2N3O12. The quantitative estimate of drug-likeness (QED) is 0.0595. The molecule has 0 saturated heterocycles. The van der Waals surface area contributed by atoms with Gasteiger partial charge in [-0.2, -0.15) is 0 Å². The second kappa shape index (κ2) is 14.2. The lowest BCUT2D eigenvalue weighted by Gasteiger charge is -2.20. The maximum Gasteiger partial charge on any atom is 0.172 e. The van der Waals surface area contributed by atoms with Gasteiger partial charge in [-0.05, 0) is 22.8 Å². The highest BCUT2D eigenvalue weighted by Gasteiger charge is 2.33. The fraction of sp³-hybridized carbons (Fsp3) is 0. The van der Waals surface area contributed by atoms with Gasteiger partial charge in [-0.15, -0.1) is 0 Å². The number of phenols is 11. The van der Waals surface area contributed by atoms with E-state index in [1.165, 1.54) is 15.7 Å². The average Bonchev–Trinajstić information content (AvgIpc) is 3.66. The second-order valence-electron chi connectivity index (χ2n) is 14.5. The molecule has 62 heavy (non-hydrogen) atoms. The molecule has 11 N–H and O–H groups in total. The van der Waals surface area contributed by atoms with E-state index < -0.39 is 97.4 Å². The number of benzene rings is 7. The predicted octanol–water partition coefficient (Wildman–Crippen LogP) is 5.05. The molecule has 0 aliphatic carbocycles. The van der Waals surface area contributed by atoms with Gasteiger partial charge >= 0.3 is 0 Å². The van der Waals surface area contributed by atoms with Crippen LogP contribution in [0.15, 0.2) is 101 Å². The van der Waals surface area contributed by atoms with Gasteiger partial charge in [-0.25, -0.2) is 15.0 Å². The van der Waals surface area contributed by atoms with Crippen molar-refractivity contribution in [2.24, 2.45) is 0 Å². The van der Waals surface area contributed by atoms with Gasteiger partial charge in [0.2, 0.25) is 0 Å². The number of aromatic nitrogens is 3. The highest BCUT2D eigenvalue weighted by molar-refractivity contribution is 6.37. The molecule has 0 aliphatic rings. The summed E-state index contributed by atoms with van der Waals surface area (Å²) in [5.74, 6) is -12.3. The number of para-hydroxylation sites is 2. The first kappa shape index (κ1) is 38.8. The fourth-order valence-electron chi connectivity index (χ4n) is 7.62. The summed E-state index contributed by atoms with van der Waals surface area (Å²) in [4.78, 5) is 12.9. The van der Waals surface area contributed by atoms with E-state index in [-0.39, 0.29) is 38.8 Å². The molecule has 0 unspecified atom stereocenters. The zero-order chi connectivity index (χ0) is 43.9. The first-order valence-corrected chi connectivity index (χ1v) is 18.8. The van der Waals surface area contributed by atoms with Gasteiger partial charge in [0, 0.05) is 27.3 Å². The SMILES string of the molecule is Bc1c(O)c(O)c(-c2nc(-c3c(O)c(O)c(B)c(O)c3O)nc(-c3c(O)c(-c4ccc(-c5ccccc5)cc4)c(O)c(-c4cccc5c4oc4ccccc45)c3O)n2)c(O)c1O. The van der Waals surface area contributed by atoms with E-state index in [4.69, 9.17) is 4.42 Å². The maximum atomic E-state index is 12.4. The molecule has 9 aromatic rings. The van der Waals surface area contributed by atoms with E-state index in [0.29, 0.717) is 11.0 Å². The Morgan fingerprint density at radius 1 is 0.339 bits per heavy atom. The van der Waals surface area contributed by atoms with E-state index in [1.807, 2.05) is 42.5 Å². The molecule has 0 aliphatic heterocycles. The summed E-state index contributed by atoms with van der Waals surface area (Å²) in [7, 11) is 2.38. The van der Waals surface area contributed by atoms with Gasteiger partial charge in [0.25, 0.3) is 0 Å². The minimum Gasteiger partial charge on any atom is -0.506 e. The number of hydrogen-bond acceptors (Lipinski definition) is 15. The van der Waals surface area contributed by atoms with Gasteiger partial charge < -0.3 is 60.6 Å². The van der Waals surface area contributed by atoms with Gasteiger partial charge in [0.1, 0.15) is 60.8 Å². The third-order valence-corrected chi connectivity index (χ3v) is 10.9. The zero-order valence-corrected chi connectivity index (χ0v) is 32.4. The molecule has 0 bridgehead atoms. The van der Waals surface area contributed by atoms with Gasteiger partial charge in [-0.1, -0.05) is 91.0 Å². The van der Waals surface area contributed by atoms with Crippen molar-refractivity contribution in [2.45, 2.75) is 0 Å². The van der Waals surface area contributed by atoms with E-state index in [1.54, 1.807) is 54.6 Å². The topological polar surface area (TPSA) is 274 Å². The first-order chi connectivity index (χ1) is 29.7. The number of hydrogen-bond donors (Lipinski definition) is 11. The second-order valence-corrected chi connectivity index (χ2v) is 14.5. The number of rotatable bonds is 6. The summed E-state index contributed by atoms with van der Waals surface area (Å²) in [5, 5.41) is 126. The van der Waals surface area contributed by atoms with Crippen LogP contribution in [0.4, 0.5) is 0 Å². The molecule has 0 fully saturated rings. The lowest BCUT2D eigenvalue weighted by Crippen LogP contribution is -2.08. The Labute approximate surface area is 351 Å². The van der Waals surface area contributed by atoms with E-state index in [0.717, 1.165) is 16.5 Å².